The fourth-order valence-corrected chi connectivity index (χ4v) is 4.98. The lowest BCUT2D eigenvalue weighted by Gasteiger charge is -2.49. The van der Waals surface area contributed by atoms with Gasteiger partial charge < -0.3 is 24.6 Å². The number of hydrogen-bond donors (Lipinski definition) is 2. The zero-order valence-corrected chi connectivity index (χ0v) is 18.6. The number of amides is 1. The van der Waals surface area contributed by atoms with Gasteiger partial charge in [0.2, 0.25) is 5.43 Å². The maximum absolute atomic E-state index is 13.1. The van der Waals surface area contributed by atoms with Gasteiger partial charge in [0.05, 0.1) is 18.8 Å². The number of allylic oxidation sites excluding steroid dienone is 1. The summed E-state index contributed by atoms with van der Waals surface area (Å²) in [5, 5.41) is 13.7. The first-order chi connectivity index (χ1) is 16.0. The number of nitrogens with zero attached hydrogens (tertiary/aromatic N) is 2. The normalized spacial score (nSPS) is 21.8. The van der Waals surface area contributed by atoms with E-state index in [0.29, 0.717) is 24.4 Å². The van der Waals surface area contributed by atoms with Crippen LogP contribution >= 0.6 is 0 Å². The smallest absolute Gasteiger partial charge is 0.257 e. The highest BCUT2D eigenvalue weighted by Gasteiger charge is 2.41. The lowest BCUT2D eigenvalue weighted by molar-refractivity contribution is -0.107. The lowest BCUT2D eigenvalue weighted by Crippen LogP contribution is -2.53. The predicted molar refractivity (Wildman–Crippen MR) is 121 cm³/mol. The SMILES string of the molecule is CC[C@@H]1CCOC2Cn3cc(C(=O)NCc4ccc(F)cc4)c(=O)c(O)c3C(=C3CCC3)N21. The van der Waals surface area contributed by atoms with Gasteiger partial charge in [0.25, 0.3) is 5.91 Å². The third-order valence-electron chi connectivity index (χ3n) is 6.93. The van der Waals surface area contributed by atoms with Crippen LogP contribution in [-0.4, -0.2) is 39.4 Å². The molecule has 2 aliphatic heterocycles. The zero-order valence-electron chi connectivity index (χ0n) is 18.6. The summed E-state index contributed by atoms with van der Waals surface area (Å²) in [7, 11) is 0. The number of carbonyl (C=O) groups is 1. The molecule has 1 saturated carbocycles. The number of ether oxygens (including phenoxy) is 1. The van der Waals surface area contributed by atoms with E-state index in [-0.39, 0.29) is 30.2 Å². The van der Waals surface area contributed by atoms with Crippen LogP contribution in [0.5, 0.6) is 5.75 Å². The fourth-order valence-electron chi connectivity index (χ4n) is 4.98. The van der Waals surface area contributed by atoms with E-state index in [2.05, 4.69) is 17.1 Å². The number of aromatic hydroxyl groups is 1. The largest absolute Gasteiger partial charge is 0.503 e. The topological polar surface area (TPSA) is 83.8 Å². The number of nitrogens with one attached hydrogen (secondary N) is 1. The first-order valence-electron chi connectivity index (χ1n) is 11.6. The summed E-state index contributed by atoms with van der Waals surface area (Å²) in [5.74, 6) is -1.33. The molecule has 1 saturated heterocycles. The maximum atomic E-state index is 13.1. The number of benzene rings is 1. The van der Waals surface area contributed by atoms with E-state index in [1.807, 2.05) is 0 Å². The Morgan fingerprint density at radius 2 is 2.03 bits per heavy atom. The second kappa shape index (κ2) is 8.67. The number of pyridine rings is 1. The van der Waals surface area contributed by atoms with E-state index < -0.39 is 17.1 Å². The average molecular weight is 454 g/mol. The van der Waals surface area contributed by atoms with E-state index in [0.717, 1.165) is 37.8 Å². The Bertz CT molecular complexity index is 1170. The van der Waals surface area contributed by atoms with Crippen molar-refractivity contribution in [3.63, 3.8) is 0 Å². The van der Waals surface area contributed by atoms with Crippen LogP contribution in [0.3, 0.4) is 0 Å². The highest BCUT2D eigenvalue weighted by atomic mass is 19.1. The maximum Gasteiger partial charge on any atom is 0.257 e. The van der Waals surface area contributed by atoms with Crippen LogP contribution in [0.2, 0.25) is 0 Å². The van der Waals surface area contributed by atoms with Gasteiger partial charge in [-0.2, -0.15) is 0 Å². The number of rotatable bonds is 4. The molecule has 1 aliphatic carbocycles. The van der Waals surface area contributed by atoms with Crippen LogP contribution in [0.1, 0.15) is 60.6 Å². The molecule has 174 valence electrons. The summed E-state index contributed by atoms with van der Waals surface area (Å²) >= 11 is 0. The van der Waals surface area contributed by atoms with Gasteiger partial charge in [-0.05, 0) is 55.4 Å². The van der Waals surface area contributed by atoms with Crippen molar-refractivity contribution in [1.82, 2.24) is 14.8 Å². The Labute approximate surface area is 191 Å². The Morgan fingerprint density at radius 3 is 2.70 bits per heavy atom. The summed E-state index contributed by atoms with van der Waals surface area (Å²) in [6.45, 7) is 3.38. The monoisotopic (exact) mass is 453 g/mol. The summed E-state index contributed by atoms with van der Waals surface area (Å²) in [6, 6.07) is 6.06. The van der Waals surface area contributed by atoms with Gasteiger partial charge in [-0.1, -0.05) is 19.1 Å². The minimum absolute atomic E-state index is 0.118. The number of carbonyl (C=O) groups excluding carboxylic acids is 1. The van der Waals surface area contributed by atoms with Crippen molar-refractivity contribution in [2.24, 2.45) is 0 Å². The highest BCUT2D eigenvalue weighted by Crippen LogP contribution is 2.44. The van der Waals surface area contributed by atoms with Gasteiger partial charge in [0.1, 0.15) is 23.3 Å². The van der Waals surface area contributed by atoms with Crippen LogP contribution in [0.25, 0.3) is 5.70 Å². The minimum Gasteiger partial charge on any atom is -0.503 e. The first-order valence-corrected chi connectivity index (χ1v) is 11.6. The molecule has 2 N–H and O–H groups in total. The van der Waals surface area contributed by atoms with Crippen molar-refractivity contribution in [1.29, 1.82) is 0 Å². The predicted octanol–water partition coefficient (Wildman–Crippen LogP) is 3.36. The van der Waals surface area contributed by atoms with Gasteiger partial charge in [0.15, 0.2) is 5.75 Å². The first kappa shape index (κ1) is 21.7. The van der Waals surface area contributed by atoms with E-state index in [9.17, 15) is 19.1 Å². The van der Waals surface area contributed by atoms with Crippen LogP contribution in [0.4, 0.5) is 4.39 Å². The zero-order chi connectivity index (χ0) is 23.1. The van der Waals surface area contributed by atoms with Gasteiger partial charge in [0, 0.05) is 18.8 Å². The summed E-state index contributed by atoms with van der Waals surface area (Å²) in [4.78, 5) is 28.2. The van der Waals surface area contributed by atoms with Crippen molar-refractivity contribution >= 4 is 11.6 Å². The summed E-state index contributed by atoms with van der Waals surface area (Å²) < 4.78 is 21.0. The van der Waals surface area contributed by atoms with E-state index in [4.69, 9.17) is 4.74 Å². The molecule has 0 spiro atoms. The minimum atomic E-state index is -0.681. The van der Waals surface area contributed by atoms with Gasteiger partial charge in [-0.3, -0.25) is 9.59 Å². The quantitative estimate of drug-likeness (QED) is 0.742. The molecule has 0 bridgehead atoms. The molecule has 2 aromatic rings. The number of hydrogen-bond acceptors (Lipinski definition) is 5. The Balaban J connectivity index is 1.51. The van der Waals surface area contributed by atoms with Gasteiger partial charge >= 0.3 is 0 Å². The summed E-state index contributed by atoms with van der Waals surface area (Å²) in [5.41, 5.74) is 2.52. The molecular weight excluding hydrogens is 425 g/mol. The second-order valence-electron chi connectivity index (χ2n) is 8.92. The molecule has 1 aromatic carbocycles. The Hall–Kier alpha value is -3.13. The molecule has 8 heteroatoms. The fraction of sp³-hybridized carbons (Fsp3) is 0.440. The highest BCUT2D eigenvalue weighted by molar-refractivity contribution is 5.94. The molecule has 33 heavy (non-hydrogen) atoms. The lowest BCUT2D eigenvalue weighted by atomic mass is 9.86. The van der Waals surface area contributed by atoms with Crippen LogP contribution < -0.4 is 10.7 Å². The van der Waals surface area contributed by atoms with Crippen LogP contribution in [0.15, 0.2) is 40.8 Å². The third kappa shape index (κ3) is 3.82. The van der Waals surface area contributed by atoms with Gasteiger partial charge in [-0.15, -0.1) is 0 Å². The molecular formula is C25H28FN3O4. The van der Waals surface area contributed by atoms with Crippen LogP contribution in [-0.2, 0) is 17.8 Å². The molecule has 2 atom stereocenters. The van der Waals surface area contributed by atoms with Gasteiger partial charge in [-0.25, -0.2) is 4.39 Å². The third-order valence-corrected chi connectivity index (χ3v) is 6.93. The standard InChI is InChI=1S/C25H28FN3O4/c1-2-18-10-11-33-20-14-28-13-19(25(32)27-12-15-6-8-17(26)9-7-15)23(30)24(31)22(28)21(29(18)20)16-4-3-5-16/h6-9,13,18,20,31H,2-5,10-12,14H2,1H3,(H,27,32)/t18-,20?/m1/s1. The average Bonchev–Trinajstić information content (AvgIpc) is 2.78. The van der Waals surface area contributed by atoms with Crippen molar-refractivity contribution < 1.29 is 19.0 Å². The van der Waals surface area contributed by atoms with Crippen LogP contribution in [0, 0.1) is 5.82 Å². The molecule has 0 radical (unpaired) electrons. The van der Waals surface area contributed by atoms with E-state index in [1.54, 1.807) is 16.7 Å². The molecule has 3 heterocycles. The molecule has 1 unspecified atom stereocenters. The molecule has 1 amide bonds. The molecule has 3 aliphatic rings. The van der Waals surface area contributed by atoms with E-state index >= 15 is 0 Å². The Morgan fingerprint density at radius 1 is 1.27 bits per heavy atom. The van der Waals surface area contributed by atoms with Crippen molar-refractivity contribution in [3.8, 4) is 5.75 Å². The van der Waals surface area contributed by atoms with E-state index in [1.165, 1.54) is 23.9 Å². The van der Waals surface area contributed by atoms with Crippen molar-refractivity contribution in [2.45, 2.75) is 64.4 Å². The molecule has 5 rings (SSSR count). The second-order valence-corrected chi connectivity index (χ2v) is 8.92. The van der Waals surface area contributed by atoms with Crippen molar-refractivity contribution in [2.75, 3.05) is 6.61 Å². The Kier molecular flexibility index (Phi) is 5.70. The van der Waals surface area contributed by atoms with Crippen molar-refractivity contribution in [3.05, 3.63) is 68.9 Å². The molecule has 1 aromatic heterocycles. The number of aromatic nitrogens is 1. The molecule has 2 fully saturated rings. The number of halogens is 1. The molecule has 7 nitrogen and oxygen atoms in total. The summed E-state index contributed by atoms with van der Waals surface area (Å²) in [6.07, 6.45) is 6.14. The number of fused-ring (bicyclic) bond motifs is 2.